The van der Waals surface area contributed by atoms with Gasteiger partial charge in [-0.1, -0.05) is 45.8 Å². The number of amides is 1. The standard InChI is InChI=1S/C19H33NOS/c1-19(2,3)14-16(22)10-6-12-18(21)20-13-7-9-15-8-4-5-11-17(15)20/h15,17H,4-14H2,1-3H3. The molecule has 0 spiro atoms. The summed E-state index contributed by atoms with van der Waals surface area (Å²) in [5.41, 5.74) is 0.267. The smallest absolute Gasteiger partial charge is 0.222 e. The molecule has 2 fully saturated rings. The van der Waals surface area contributed by atoms with Crippen LogP contribution in [0.25, 0.3) is 0 Å². The predicted molar refractivity (Wildman–Crippen MR) is 97.2 cm³/mol. The number of piperidine rings is 1. The second-order valence-corrected chi connectivity index (χ2v) is 9.05. The van der Waals surface area contributed by atoms with E-state index in [1.165, 1.54) is 38.5 Å². The first-order valence-electron chi connectivity index (χ1n) is 9.18. The molecule has 1 aliphatic heterocycles. The molecular weight excluding hydrogens is 290 g/mol. The van der Waals surface area contributed by atoms with Crippen molar-refractivity contribution in [3.63, 3.8) is 0 Å². The van der Waals surface area contributed by atoms with Gasteiger partial charge in [0.1, 0.15) is 0 Å². The van der Waals surface area contributed by atoms with E-state index in [0.717, 1.165) is 36.6 Å². The van der Waals surface area contributed by atoms with Crippen molar-refractivity contribution in [3.8, 4) is 0 Å². The molecule has 1 saturated heterocycles. The van der Waals surface area contributed by atoms with Gasteiger partial charge >= 0.3 is 0 Å². The molecule has 126 valence electrons. The fourth-order valence-electron chi connectivity index (χ4n) is 4.19. The topological polar surface area (TPSA) is 20.3 Å². The molecule has 0 aromatic carbocycles. The van der Waals surface area contributed by atoms with E-state index >= 15 is 0 Å². The average Bonchev–Trinajstić information content (AvgIpc) is 2.44. The van der Waals surface area contributed by atoms with E-state index in [1.807, 2.05) is 0 Å². The van der Waals surface area contributed by atoms with Gasteiger partial charge in [0.2, 0.25) is 5.91 Å². The highest BCUT2D eigenvalue weighted by atomic mass is 32.1. The van der Waals surface area contributed by atoms with E-state index in [2.05, 4.69) is 25.7 Å². The summed E-state index contributed by atoms with van der Waals surface area (Å²) in [5.74, 6) is 1.17. The van der Waals surface area contributed by atoms with Crippen molar-refractivity contribution in [2.45, 2.75) is 91.0 Å². The number of likely N-dealkylation sites (tertiary alicyclic amines) is 1. The molecule has 2 aliphatic rings. The quantitative estimate of drug-likeness (QED) is 0.653. The largest absolute Gasteiger partial charge is 0.339 e. The van der Waals surface area contributed by atoms with Gasteiger partial charge < -0.3 is 4.90 Å². The van der Waals surface area contributed by atoms with E-state index in [4.69, 9.17) is 12.2 Å². The Bertz CT molecular complexity index is 397. The van der Waals surface area contributed by atoms with Crippen LogP contribution in [0.15, 0.2) is 0 Å². The number of hydrogen-bond acceptors (Lipinski definition) is 2. The minimum Gasteiger partial charge on any atom is -0.339 e. The van der Waals surface area contributed by atoms with Crippen molar-refractivity contribution in [1.29, 1.82) is 0 Å². The first-order valence-corrected chi connectivity index (χ1v) is 9.59. The Hall–Kier alpha value is -0.440. The number of nitrogens with zero attached hydrogens (tertiary/aromatic N) is 1. The van der Waals surface area contributed by atoms with E-state index in [9.17, 15) is 4.79 Å². The molecule has 0 bridgehead atoms. The number of carbonyl (C=O) groups excluding carboxylic acids is 1. The van der Waals surface area contributed by atoms with Crippen molar-refractivity contribution in [2.24, 2.45) is 11.3 Å². The van der Waals surface area contributed by atoms with Crippen LogP contribution in [0, 0.1) is 11.3 Å². The maximum Gasteiger partial charge on any atom is 0.222 e. The summed E-state index contributed by atoms with van der Waals surface area (Å²) in [6.45, 7) is 7.66. The van der Waals surface area contributed by atoms with Crippen LogP contribution in [0.4, 0.5) is 0 Å². The fourth-order valence-corrected chi connectivity index (χ4v) is 4.77. The van der Waals surface area contributed by atoms with Crippen LogP contribution in [0.3, 0.4) is 0 Å². The lowest BCUT2D eigenvalue weighted by Crippen LogP contribution is -2.49. The zero-order valence-electron chi connectivity index (χ0n) is 14.7. The average molecular weight is 324 g/mol. The third kappa shape index (κ3) is 5.33. The van der Waals surface area contributed by atoms with Crippen molar-refractivity contribution in [1.82, 2.24) is 4.90 Å². The van der Waals surface area contributed by atoms with Crippen molar-refractivity contribution in [2.75, 3.05) is 6.54 Å². The van der Waals surface area contributed by atoms with Crippen LogP contribution in [0.2, 0.25) is 0 Å². The molecular formula is C19H33NOS. The maximum absolute atomic E-state index is 12.6. The number of thiocarbonyl (C=S) groups is 1. The van der Waals surface area contributed by atoms with Gasteiger partial charge in [-0.2, -0.15) is 0 Å². The molecule has 0 radical (unpaired) electrons. The first-order chi connectivity index (χ1) is 10.4. The van der Waals surface area contributed by atoms with Gasteiger partial charge in [0, 0.05) is 19.0 Å². The van der Waals surface area contributed by atoms with Crippen LogP contribution in [-0.4, -0.2) is 28.3 Å². The highest BCUT2D eigenvalue weighted by Gasteiger charge is 2.35. The number of fused-ring (bicyclic) bond motifs is 1. The number of rotatable bonds is 5. The second-order valence-electron chi connectivity index (χ2n) is 8.47. The van der Waals surface area contributed by atoms with Gasteiger partial charge in [0.25, 0.3) is 0 Å². The second kappa shape index (κ2) is 7.90. The molecule has 0 aromatic heterocycles. The monoisotopic (exact) mass is 323 g/mol. The highest BCUT2D eigenvalue weighted by Crippen LogP contribution is 2.35. The van der Waals surface area contributed by atoms with Crippen molar-refractivity contribution < 1.29 is 4.79 Å². The Labute approximate surface area is 142 Å². The van der Waals surface area contributed by atoms with E-state index in [1.54, 1.807) is 0 Å². The van der Waals surface area contributed by atoms with Crippen LogP contribution >= 0.6 is 12.2 Å². The van der Waals surface area contributed by atoms with E-state index in [-0.39, 0.29) is 5.41 Å². The molecule has 0 N–H and O–H groups in total. The van der Waals surface area contributed by atoms with Crippen molar-refractivity contribution >= 4 is 23.0 Å². The first kappa shape index (κ1) is 17.9. The zero-order chi connectivity index (χ0) is 16.2. The minimum absolute atomic E-state index is 0.267. The lowest BCUT2D eigenvalue weighted by molar-refractivity contribution is -0.137. The molecule has 2 nitrogen and oxygen atoms in total. The van der Waals surface area contributed by atoms with Gasteiger partial charge in [-0.15, -0.1) is 0 Å². The summed E-state index contributed by atoms with van der Waals surface area (Å²) in [7, 11) is 0. The molecule has 1 aliphatic carbocycles. The Kier molecular flexibility index (Phi) is 6.43. The molecule has 1 heterocycles. The minimum atomic E-state index is 0.267. The Morgan fingerprint density at radius 3 is 2.50 bits per heavy atom. The summed E-state index contributed by atoms with van der Waals surface area (Å²) in [4.78, 5) is 16.0. The third-order valence-electron chi connectivity index (χ3n) is 5.14. The van der Waals surface area contributed by atoms with Gasteiger partial charge in [0.05, 0.1) is 0 Å². The van der Waals surface area contributed by atoms with Gasteiger partial charge in [-0.3, -0.25) is 4.79 Å². The highest BCUT2D eigenvalue weighted by molar-refractivity contribution is 7.80. The van der Waals surface area contributed by atoms with Crippen LogP contribution in [-0.2, 0) is 4.79 Å². The summed E-state index contributed by atoms with van der Waals surface area (Å²) < 4.78 is 0. The SMILES string of the molecule is CC(C)(C)CC(=S)CCCC(=O)N1CCCC2CCCCC21. The third-order valence-corrected chi connectivity index (χ3v) is 5.49. The number of carbonyl (C=O) groups is 1. The lowest BCUT2D eigenvalue weighted by Gasteiger charge is -2.44. The van der Waals surface area contributed by atoms with Crippen LogP contribution in [0.1, 0.15) is 85.0 Å². The maximum atomic E-state index is 12.6. The lowest BCUT2D eigenvalue weighted by atomic mass is 9.78. The molecule has 2 atom stereocenters. The molecule has 2 unspecified atom stereocenters. The Balaban J connectivity index is 1.75. The molecule has 1 saturated carbocycles. The van der Waals surface area contributed by atoms with Crippen LogP contribution in [0.5, 0.6) is 0 Å². The molecule has 22 heavy (non-hydrogen) atoms. The fraction of sp³-hybridized carbons (Fsp3) is 0.895. The predicted octanol–water partition coefficient (Wildman–Crippen LogP) is 5.14. The zero-order valence-corrected chi connectivity index (χ0v) is 15.5. The Morgan fingerprint density at radius 2 is 1.77 bits per heavy atom. The summed E-state index contributed by atoms with van der Waals surface area (Å²) in [6.07, 6.45) is 11.3. The summed E-state index contributed by atoms with van der Waals surface area (Å²) in [5, 5.41) is 0. The normalized spacial score (nSPS) is 25.7. The van der Waals surface area contributed by atoms with Crippen molar-refractivity contribution in [3.05, 3.63) is 0 Å². The van der Waals surface area contributed by atoms with Gasteiger partial charge in [0.15, 0.2) is 0 Å². The van der Waals surface area contributed by atoms with Gasteiger partial charge in [-0.25, -0.2) is 0 Å². The molecule has 2 rings (SSSR count). The Morgan fingerprint density at radius 1 is 1.09 bits per heavy atom. The summed E-state index contributed by atoms with van der Waals surface area (Å²) >= 11 is 5.48. The van der Waals surface area contributed by atoms with Crippen LogP contribution < -0.4 is 0 Å². The molecule has 3 heteroatoms. The van der Waals surface area contributed by atoms with Gasteiger partial charge in [-0.05, 0) is 61.1 Å². The van der Waals surface area contributed by atoms with E-state index in [0.29, 0.717) is 18.4 Å². The van der Waals surface area contributed by atoms with E-state index < -0.39 is 0 Å². The summed E-state index contributed by atoms with van der Waals surface area (Å²) in [6, 6.07) is 0.552. The molecule has 0 aromatic rings. The molecule has 1 amide bonds. The number of hydrogen-bond donors (Lipinski definition) is 0.